The van der Waals surface area contributed by atoms with Crippen LogP contribution < -0.4 is 15.4 Å². The Bertz CT molecular complexity index is 531. The van der Waals surface area contributed by atoms with Gasteiger partial charge in [0.05, 0.1) is 7.11 Å². The third-order valence-corrected chi connectivity index (χ3v) is 2.67. The highest BCUT2D eigenvalue weighted by molar-refractivity contribution is 5.59. The monoisotopic (exact) mass is 274 g/mol. The van der Waals surface area contributed by atoms with Gasteiger partial charge in [0.1, 0.15) is 23.7 Å². The molecule has 0 atom stereocenters. The van der Waals surface area contributed by atoms with Gasteiger partial charge in [-0.05, 0) is 30.7 Å². The minimum atomic E-state index is 0.162. The molecule has 1 aromatic carbocycles. The second kappa shape index (κ2) is 7.30. The number of nitrogens with one attached hydrogen (secondary N) is 2. The van der Waals surface area contributed by atoms with Gasteiger partial charge in [0.2, 0.25) is 0 Å². The van der Waals surface area contributed by atoms with Crippen LogP contribution in [0, 0.1) is 0 Å². The van der Waals surface area contributed by atoms with Crippen molar-refractivity contribution in [2.24, 2.45) is 0 Å². The largest absolute Gasteiger partial charge is 0.497 e. The molecule has 0 aliphatic heterocycles. The number of rotatable bonds is 7. The van der Waals surface area contributed by atoms with Gasteiger partial charge in [-0.3, -0.25) is 0 Å². The molecule has 20 heavy (non-hydrogen) atoms. The fraction of sp³-hybridized carbons (Fsp3) is 0.286. The normalized spacial score (nSPS) is 10.1. The Balaban J connectivity index is 1.99. The number of hydrogen-bond acceptors (Lipinski definition) is 6. The van der Waals surface area contributed by atoms with Crippen LogP contribution in [0.5, 0.6) is 5.75 Å². The summed E-state index contributed by atoms with van der Waals surface area (Å²) < 4.78 is 5.11. The topological polar surface area (TPSA) is 79.3 Å². The van der Waals surface area contributed by atoms with Crippen LogP contribution in [0.3, 0.4) is 0 Å². The molecule has 0 amide bonds. The van der Waals surface area contributed by atoms with E-state index in [0.29, 0.717) is 18.8 Å². The molecule has 0 aliphatic carbocycles. The van der Waals surface area contributed by atoms with Crippen molar-refractivity contribution in [2.45, 2.75) is 6.42 Å². The summed E-state index contributed by atoms with van der Waals surface area (Å²) in [5, 5.41) is 15.0. The van der Waals surface area contributed by atoms with E-state index in [1.165, 1.54) is 6.33 Å². The molecular weight excluding hydrogens is 256 g/mol. The summed E-state index contributed by atoms with van der Waals surface area (Å²) in [6.45, 7) is 0.838. The molecule has 0 fully saturated rings. The molecule has 0 radical (unpaired) electrons. The first-order valence-electron chi connectivity index (χ1n) is 6.39. The number of methoxy groups -OCH3 is 1. The van der Waals surface area contributed by atoms with Gasteiger partial charge in [-0.25, -0.2) is 9.97 Å². The highest BCUT2D eigenvalue weighted by Crippen LogP contribution is 2.19. The minimum absolute atomic E-state index is 0.162. The maximum absolute atomic E-state index is 8.74. The van der Waals surface area contributed by atoms with E-state index in [1.807, 2.05) is 30.3 Å². The van der Waals surface area contributed by atoms with Crippen LogP contribution in [-0.2, 0) is 0 Å². The Morgan fingerprint density at radius 3 is 2.60 bits per heavy atom. The summed E-state index contributed by atoms with van der Waals surface area (Å²) in [6, 6.07) is 9.41. The van der Waals surface area contributed by atoms with E-state index in [-0.39, 0.29) is 6.61 Å². The Morgan fingerprint density at radius 1 is 1.15 bits per heavy atom. The SMILES string of the molecule is COc1ccc(Nc2cc(NCCCO)ncn2)cc1. The Hall–Kier alpha value is -2.34. The fourth-order valence-corrected chi connectivity index (χ4v) is 1.64. The van der Waals surface area contributed by atoms with Gasteiger partial charge >= 0.3 is 0 Å². The molecule has 2 aromatic rings. The molecule has 6 heteroatoms. The lowest BCUT2D eigenvalue weighted by molar-refractivity contribution is 0.292. The standard InChI is InChI=1S/C14H18N4O2/c1-20-12-5-3-11(4-6-12)18-14-9-13(16-10-17-14)15-7-2-8-19/h3-6,9-10,19H,2,7-8H2,1H3,(H2,15,16,17,18). The average molecular weight is 274 g/mol. The average Bonchev–Trinajstić information content (AvgIpc) is 2.49. The number of nitrogens with zero attached hydrogens (tertiary/aromatic N) is 2. The number of anilines is 3. The maximum atomic E-state index is 8.74. The Kier molecular flexibility index (Phi) is 5.14. The first kappa shape index (κ1) is 14.1. The number of ether oxygens (including phenoxy) is 1. The molecule has 0 saturated heterocycles. The molecule has 0 aliphatic rings. The maximum Gasteiger partial charge on any atom is 0.135 e. The summed E-state index contributed by atoms with van der Waals surface area (Å²) in [5.74, 6) is 2.24. The molecule has 0 saturated carbocycles. The van der Waals surface area contributed by atoms with Crippen molar-refractivity contribution in [3.05, 3.63) is 36.7 Å². The molecule has 106 valence electrons. The van der Waals surface area contributed by atoms with E-state index < -0.39 is 0 Å². The molecule has 2 rings (SSSR count). The molecule has 3 N–H and O–H groups in total. The zero-order valence-corrected chi connectivity index (χ0v) is 11.3. The van der Waals surface area contributed by atoms with Crippen molar-refractivity contribution >= 4 is 17.3 Å². The highest BCUT2D eigenvalue weighted by atomic mass is 16.5. The van der Waals surface area contributed by atoms with Crippen molar-refractivity contribution in [2.75, 3.05) is 30.9 Å². The summed E-state index contributed by atoms with van der Waals surface area (Å²) >= 11 is 0. The van der Waals surface area contributed by atoms with Crippen molar-refractivity contribution in [1.82, 2.24) is 9.97 Å². The lowest BCUT2D eigenvalue weighted by atomic mass is 10.3. The van der Waals surface area contributed by atoms with Crippen molar-refractivity contribution in [3.8, 4) is 5.75 Å². The molecule has 1 heterocycles. The van der Waals surface area contributed by atoms with E-state index in [4.69, 9.17) is 9.84 Å². The van der Waals surface area contributed by atoms with Crippen LogP contribution in [0.2, 0.25) is 0 Å². The summed E-state index contributed by atoms with van der Waals surface area (Å²) in [6.07, 6.45) is 2.18. The smallest absolute Gasteiger partial charge is 0.135 e. The summed E-state index contributed by atoms with van der Waals surface area (Å²) in [4.78, 5) is 8.28. The van der Waals surface area contributed by atoms with Crippen LogP contribution in [-0.4, -0.2) is 35.3 Å². The van der Waals surface area contributed by atoms with E-state index in [2.05, 4.69) is 20.6 Å². The predicted octanol–water partition coefficient (Wildman–Crippen LogP) is 2.02. The molecular formula is C14H18N4O2. The number of aromatic nitrogens is 2. The molecule has 6 nitrogen and oxygen atoms in total. The number of aliphatic hydroxyl groups is 1. The zero-order valence-electron chi connectivity index (χ0n) is 11.3. The van der Waals surface area contributed by atoms with Crippen LogP contribution >= 0.6 is 0 Å². The van der Waals surface area contributed by atoms with Crippen LogP contribution in [0.4, 0.5) is 17.3 Å². The van der Waals surface area contributed by atoms with E-state index >= 15 is 0 Å². The second-order valence-electron chi connectivity index (χ2n) is 4.15. The Morgan fingerprint density at radius 2 is 1.90 bits per heavy atom. The lowest BCUT2D eigenvalue weighted by Crippen LogP contribution is -2.06. The van der Waals surface area contributed by atoms with Crippen molar-refractivity contribution < 1.29 is 9.84 Å². The molecule has 1 aromatic heterocycles. The van der Waals surface area contributed by atoms with Crippen LogP contribution in [0.25, 0.3) is 0 Å². The van der Waals surface area contributed by atoms with Crippen LogP contribution in [0.15, 0.2) is 36.7 Å². The molecule has 0 bridgehead atoms. The predicted molar refractivity (Wildman–Crippen MR) is 78.5 cm³/mol. The number of hydrogen-bond donors (Lipinski definition) is 3. The Labute approximate surface area is 117 Å². The molecule has 0 unspecified atom stereocenters. The van der Waals surface area contributed by atoms with Gasteiger partial charge in [0, 0.05) is 24.9 Å². The third kappa shape index (κ3) is 4.10. The van der Waals surface area contributed by atoms with Gasteiger partial charge in [-0.1, -0.05) is 0 Å². The molecule has 0 spiro atoms. The van der Waals surface area contributed by atoms with Crippen molar-refractivity contribution in [3.63, 3.8) is 0 Å². The second-order valence-corrected chi connectivity index (χ2v) is 4.15. The quantitative estimate of drug-likeness (QED) is 0.670. The van der Waals surface area contributed by atoms with Gasteiger partial charge < -0.3 is 20.5 Å². The zero-order chi connectivity index (χ0) is 14.2. The van der Waals surface area contributed by atoms with Crippen LogP contribution in [0.1, 0.15) is 6.42 Å². The number of benzene rings is 1. The van der Waals surface area contributed by atoms with Gasteiger partial charge in [0.25, 0.3) is 0 Å². The summed E-state index contributed by atoms with van der Waals surface area (Å²) in [5.41, 5.74) is 0.922. The van der Waals surface area contributed by atoms with Gasteiger partial charge in [0.15, 0.2) is 0 Å². The highest BCUT2D eigenvalue weighted by Gasteiger charge is 2.00. The lowest BCUT2D eigenvalue weighted by Gasteiger charge is -2.08. The minimum Gasteiger partial charge on any atom is -0.497 e. The number of aliphatic hydroxyl groups excluding tert-OH is 1. The van der Waals surface area contributed by atoms with E-state index in [0.717, 1.165) is 17.3 Å². The van der Waals surface area contributed by atoms with Gasteiger partial charge in [-0.15, -0.1) is 0 Å². The van der Waals surface area contributed by atoms with Gasteiger partial charge in [-0.2, -0.15) is 0 Å². The summed E-state index contributed by atoms with van der Waals surface area (Å²) in [7, 11) is 1.64. The van der Waals surface area contributed by atoms with E-state index in [9.17, 15) is 0 Å². The first-order chi connectivity index (χ1) is 9.81. The first-order valence-corrected chi connectivity index (χ1v) is 6.39. The van der Waals surface area contributed by atoms with Crippen molar-refractivity contribution in [1.29, 1.82) is 0 Å². The third-order valence-electron chi connectivity index (χ3n) is 2.67. The fourth-order valence-electron chi connectivity index (χ4n) is 1.64. The van der Waals surface area contributed by atoms with E-state index in [1.54, 1.807) is 7.11 Å².